The lowest BCUT2D eigenvalue weighted by molar-refractivity contribution is -0.00588. The summed E-state index contributed by atoms with van der Waals surface area (Å²) in [5.74, 6) is -0.339. The fraction of sp³-hybridized carbons (Fsp3) is 0.800. The molecule has 1 unspecified atom stereocenters. The molecule has 11 heteroatoms. The van der Waals surface area contributed by atoms with Gasteiger partial charge in [-0.2, -0.15) is 0 Å². The zero-order valence-corrected chi connectivity index (χ0v) is 13.5. The third-order valence-electron chi connectivity index (χ3n) is 3.06. The smallest absolute Gasteiger partial charge is 0.379 e. The van der Waals surface area contributed by atoms with E-state index in [4.69, 9.17) is 26.9 Å². The molecule has 120 valence electrons. The molecule has 21 heavy (non-hydrogen) atoms. The summed E-state index contributed by atoms with van der Waals surface area (Å²) in [5.41, 5.74) is 0. The van der Waals surface area contributed by atoms with E-state index in [1.807, 2.05) is 0 Å². The van der Waals surface area contributed by atoms with Crippen LogP contribution in [0.5, 0.6) is 0 Å². The molecule has 0 aromatic carbocycles. The Morgan fingerprint density at radius 2 is 1.90 bits per heavy atom. The van der Waals surface area contributed by atoms with E-state index in [2.05, 4.69) is 4.52 Å². The first-order valence-electron chi connectivity index (χ1n) is 6.28. The number of hydrogen-bond acceptors (Lipinski definition) is 5. The van der Waals surface area contributed by atoms with Crippen molar-refractivity contribution in [1.82, 2.24) is 0 Å². The first-order valence-corrected chi connectivity index (χ1v) is 9.46. The van der Waals surface area contributed by atoms with Gasteiger partial charge in [0.25, 0.3) is 0 Å². The predicted molar refractivity (Wildman–Crippen MR) is 75.9 cm³/mol. The van der Waals surface area contributed by atoms with Gasteiger partial charge in [-0.15, -0.1) is 0 Å². The fourth-order valence-corrected chi connectivity index (χ4v) is 3.69. The summed E-state index contributed by atoms with van der Waals surface area (Å²) in [7, 11) is -1.39. The van der Waals surface area contributed by atoms with Gasteiger partial charge in [-0.1, -0.05) is 6.08 Å². The SMILES string of the molecule is [B][C@H]1C[C@H](/C=C/P(=O)(O)O)[C@@H](OP(=O)(O)OCC)[C@H]1OC. The van der Waals surface area contributed by atoms with Crippen molar-refractivity contribution in [2.24, 2.45) is 5.92 Å². The Hall–Kier alpha value is 0.0249. The van der Waals surface area contributed by atoms with Crippen molar-refractivity contribution in [3.8, 4) is 0 Å². The van der Waals surface area contributed by atoms with Crippen molar-refractivity contribution in [2.75, 3.05) is 13.7 Å². The molecule has 1 aliphatic carbocycles. The lowest BCUT2D eigenvalue weighted by atomic mass is 9.83. The minimum atomic E-state index is -4.34. The molecule has 0 aromatic rings. The normalized spacial score (nSPS) is 33.4. The fourth-order valence-electron chi connectivity index (χ4n) is 2.27. The minimum absolute atomic E-state index is 0.0206. The number of methoxy groups -OCH3 is 1. The largest absolute Gasteiger partial charge is 0.472 e. The van der Waals surface area contributed by atoms with Gasteiger partial charge in [-0.3, -0.25) is 13.6 Å². The molecule has 3 N–H and O–H groups in total. The summed E-state index contributed by atoms with van der Waals surface area (Å²) in [6.07, 6.45) is -0.0882. The summed E-state index contributed by atoms with van der Waals surface area (Å²) in [6, 6.07) is 0. The zero-order chi connectivity index (χ0) is 16.3. The molecular formula is C10H19BO8P2. The maximum absolute atomic E-state index is 11.7. The van der Waals surface area contributed by atoms with Crippen molar-refractivity contribution in [3.05, 3.63) is 11.9 Å². The van der Waals surface area contributed by atoms with Crippen LogP contribution in [0.15, 0.2) is 11.9 Å². The van der Waals surface area contributed by atoms with Crippen LogP contribution in [0.4, 0.5) is 0 Å². The molecular weight excluding hydrogens is 321 g/mol. The quantitative estimate of drug-likeness (QED) is 0.467. The Bertz CT molecular complexity index is 464. The zero-order valence-electron chi connectivity index (χ0n) is 11.7. The van der Waals surface area contributed by atoms with Crippen LogP contribution in [0.25, 0.3) is 0 Å². The van der Waals surface area contributed by atoms with E-state index < -0.39 is 39.4 Å². The number of rotatable bonds is 7. The van der Waals surface area contributed by atoms with Crippen LogP contribution in [-0.2, 0) is 22.9 Å². The van der Waals surface area contributed by atoms with Gasteiger partial charge in [-0.05, 0) is 19.2 Å². The number of ether oxygens (including phenoxy) is 1. The van der Waals surface area contributed by atoms with Crippen molar-refractivity contribution < 1.29 is 37.6 Å². The highest BCUT2D eigenvalue weighted by Gasteiger charge is 2.44. The molecule has 2 radical (unpaired) electrons. The topological polar surface area (TPSA) is 123 Å². The first-order chi connectivity index (χ1) is 9.59. The van der Waals surface area contributed by atoms with Gasteiger partial charge in [0, 0.05) is 18.8 Å². The third kappa shape index (κ3) is 5.97. The second-order valence-corrected chi connectivity index (χ2v) is 7.53. The van der Waals surface area contributed by atoms with E-state index in [9.17, 15) is 14.0 Å². The van der Waals surface area contributed by atoms with Gasteiger partial charge in [-0.25, -0.2) is 4.57 Å². The van der Waals surface area contributed by atoms with Crippen molar-refractivity contribution in [1.29, 1.82) is 0 Å². The lowest BCUT2D eigenvalue weighted by Gasteiger charge is -2.25. The van der Waals surface area contributed by atoms with Crippen LogP contribution in [0.1, 0.15) is 13.3 Å². The molecule has 1 aliphatic rings. The van der Waals surface area contributed by atoms with Crippen molar-refractivity contribution >= 4 is 23.3 Å². The molecule has 5 atom stereocenters. The highest BCUT2D eigenvalue weighted by molar-refractivity contribution is 7.55. The summed E-state index contributed by atoms with van der Waals surface area (Å²) < 4.78 is 37.5. The van der Waals surface area contributed by atoms with E-state index in [-0.39, 0.29) is 6.61 Å². The Labute approximate surface area is 124 Å². The van der Waals surface area contributed by atoms with Crippen LogP contribution in [0.2, 0.25) is 5.82 Å². The molecule has 0 amide bonds. The second kappa shape index (κ2) is 7.53. The van der Waals surface area contributed by atoms with Crippen LogP contribution in [0.3, 0.4) is 0 Å². The van der Waals surface area contributed by atoms with E-state index in [0.717, 1.165) is 5.82 Å². The standard InChI is InChI=1S/C10H19BO8P2/c1-3-18-21(15,16)19-9-7(4-5-20(12,13)14)6-8(11)10(9)17-2/h4-5,7-10H,3,6H2,1-2H3,(H,15,16)(H2,12,13,14)/b5-4+/t7-,8-,9+,10-/m0/s1. The predicted octanol–water partition coefficient (Wildman–Crippen LogP) is 1.19. The maximum Gasteiger partial charge on any atom is 0.472 e. The number of hydrogen-bond donors (Lipinski definition) is 3. The van der Waals surface area contributed by atoms with Gasteiger partial charge in [0.15, 0.2) is 0 Å². The highest BCUT2D eigenvalue weighted by Crippen LogP contribution is 2.51. The van der Waals surface area contributed by atoms with E-state index >= 15 is 0 Å². The molecule has 1 saturated carbocycles. The highest BCUT2D eigenvalue weighted by atomic mass is 31.2. The summed E-state index contributed by atoms with van der Waals surface area (Å²) in [6.45, 7) is 1.51. The lowest BCUT2D eigenvalue weighted by Crippen LogP contribution is -2.30. The van der Waals surface area contributed by atoms with Crippen LogP contribution >= 0.6 is 15.4 Å². The monoisotopic (exact) mass is 340 g/mol. The molecule has 0 bridgehead atoms. The van der Waals surface area contributed by atoms with Crippen LogP contribution in [0, 0.1) is 5.92 Å². The average molecular weight is 340 g/mol. The molecule has 1 fully saturated rings. The van der Waals surface area contributed by atoms with Gasteiger partial charge in [0.05, 0.1) is 20.6 Å². The molecule has 0 heterocycles. The van der Waals surface area contributed by atoms with Gasteiger partial charge >= 0.3 is 15.4 Å². The summed E-state index contributed by atoms with van der Waals surface area (Å²) in [4.78, 5) is 27.3. The van der Waals surface area contributed by atoms with E-state index in [1.165, 1.54) is 20.1 Å². The first kappa shape index (κ1) is 19.1. The molecule has 0 aliphatic heterocycles. The molecule has 8 nitrogen and oxygen atoms in total. The minimum Gasteiger partial charge on any atom is -0.379 e. The number of phosphoric acid groups is 1. The molecule has 1 rings (SSSR count). The molecule has 0 aromatic heterocycles. The summed E-state index contributed by atoms with van der Waals surface area (Å²) in [5, 5.41) is 0. The van der Waals surface area contributed by atoms with Crippen molar-refractivity contribution in [3.63, 3.8) is 0 Å². The second-order valence-electron chi connectivity index (χ2n) is 4.65. The number of phosphoric ester groups is 1. The maximum atomic E-state index is 11.7. The van der Waals surface area contributed by atoms with Crippen molar-refractivity contribution in [2.45, 2.75) is 31.4 Å². The third-order valence-corrected chi connectivity index (χ3v) is 4.71. The Morgan fingerprint density at radius 1 is 1.29 bits per heavy atom. The molecule has 0 saturated heterocycles. The Kier molecular flexibility index (Phi) is 6.84. The average Bonchev–Trinajstić information content (AvgIpc) is 2.60. The van der Waals surface area contributed by atoms with Gasteiger partial charge in [0.1, 0.15) is 6.10 Å². The van der Waals surface area contributed by atoms with Crippen LogP contribution < -0.4 is 0 Å². The van der Waals surface area contributed by atoms with Crippen LogP contribution in [-0.4, -0.2) is 48.5 Å². The Morgan fingerprint density at radius 3 is 2.38 bits per heavy atom. The Balaban J connectivity index is 2.93. The summed E-state index contributed by atoms with van der Waals surface area (Å²) >= 11 is 0. The van der Waals surface area contributed by atoms with E-state index in [0.29, 0.717) is 6.42 Å². The van der Waals surface area contributed by atoms with Gasteiger partial charge < -0.3 is 19.4 Å². The van der Waals surface area contributed by atoms with Gasteiger partial charge in [0.2, 0.25) is 0 Å². The molecule has 0 spiro atoms. The van der Waals surface area contributed by atoms with E-state index in [1.54, 1.807) is 0 Å².